The largest absolute Gasteiger partial charge is 0.322 e. The van der Waals surface area contributed by atoms with Gasteiger partial charge in [0.05, 0.1) is 0 Å². The molecule has 1 N–H and O–H groups in total. The first kappa shape index (κ1) is 18.2. The van der Waals surface area contributed by atoms with Gasteiger partial charge in [0.15, 0.2) is 0 Å². The molecular formula is C26H25NO. The van der Waals surface area contributed by atoms with Gasteiger partial charge in [-0.3, -0.25) is 4.79 Å². The first-order valence-electron chi connectivity index (χ1n) is 9.71. The summed E-state index contributed by atoms with van der Waals surface area (Å²) in [6.07, 6.45) is 5.19. The minimum atomic E-state index is -0.0817. The van der Waals surface area contributed by atoms with E-state index < -0.39 is 0 Å². The number of anilines is 1. The molecule has 0 aliphatic heterocycles. The van der Waals surface area contributed by atoms with Crippen molar-refractivity contribution in [3.05, 3.63) is 95.1 Å². The van der Waals surface area contributed by atoms with E-state index in [4.69, 9.17) is 0 Å². The maximum absolute atomic E-state index is 12.6. The van der Waals surface area contributed by atoms with Crippen molar-refractivity contribution in [2.75, 3.05) is 5.32 Å². The first-order valence-corrected chi connectivity index (χ1v) is 9.71. The van der Waals surface area contributed by atoms with Gasteiger partial charge in [-0.2, -0.15) is 0 Å². The smallest absolute Gasteiger partial charge is 0.255 e. The molecule has 0 bridgehead atoms. The summed E-state index contributed by atoms with van der Waals surface area (Å²) in [5, 5.41) is 3.03. The van der Waals surface area contributed by atoms with Crippen LogP contribution in [0, 0.1) is 5.41 Å². The van der Waals surface area contributed by atoms with Gasteiger partial charge in [0.25, 0.3) is 5.91 Å². The average molecular weight is 367 g/mol. The van der Waals surface area contributed by atoms with E-state index in [0.717, 1.165) is 17.7 Å². The lowest BCUT2D eigenvalue weighted by molar-refractivity contribution is 0.102. The normalized spacial score (nSPS) is 12.7. The average Bonchev–Trinajstić information content (AvgIpc) is 3.04. The van der Waals surface area contributed by atoms with Crippen LogP contribution < -0.4 is 5.32 Å². The van der Waals surface area contributed by atoms with Gasteiger partial charge in [-0.1, -0.05) is 75.4 Å². The highest BCUT2D eigenvalue weighted by Crippen LogP contribution is 2.37. The monoisotopic (exact) mass is 367 g/mol. The predicted octanol–water partition coefficient (Wildman–Crippen LogP) is 6.57. The molecule has 3 aromatic carbocycles. The van der Waals surface area contributed by atoms with Crippen LogP contribution in [-0.4, -0.2) is 5.91 Å². The van der Waals surface area contributed by atoms with Crippen molar-refractivity contribution in [2.24, 2.45) is 5.41 Å². The molecule has 140 valence electrons. The molecule has 0 atom stereocenters. The molecular weight excluding hydrogens is 342 g/mol. The number of nitrogens with one attached hydrogen (secondary N) is 1. The third-order valence-electron chi connectivity index (χ3n) is 5.00. The maximum atomic E-state index is 12.6. The summed E-state index contributed by atoms with van der Waals surface area (Å²) in [6.45, 7) is 6.50. The Morgan fingerprint density at radius 1 is 0.893 bits per heavy atom. The standard InChI is InChI=1S/C26H25NO/c1-26(2,3)15-14-18-8-10-19(11-9-18)25(28)27-22-12-13-24-21(17-22)16-20-6-4-5-7-23(20)24/h4-15,17H,16H2,1-3H3,(H,27,28)/b15-14+. The zero-order chi connectivity index (χ0) is 19.7. The zero-order valence-corrected chi connectivity index (χ0v) is 16.6. The van der Waals surface area contributed by atoms with Crippen LogP contribution in [0.15, 0.2) is 72.8 Å². The summed E-state index contributed by atoms with van der Waals surface area (Å²) in [5.41, 5.74) is 7.93. The highest BCUT2D eigenvalue weighted by Gasteiger charge is 2.18. The van der Waals surface area contributed by atoms with Crippen molar-refractivity contribution < 1.29 is 4.79 Å². The summed E-state index contributed by atoms with van der Waals surface area (Å²) in [7, 11) is 0. The number of hydrogen-bond acceptors (Lipinski definition) is 1. The van der Waals surface area contributed by atoms with Crippen LogP contribution in [0.5, 0.6) is 0 Å². The van der Waals surface area contributed by atoms with E-state index in [1.165, 1.54) is 22.3 Å². The zero-order valence-electron chi connectivity index (χ0n) is 16.6. The number of carbonyl (C=O) groups is 1. The molecule has 0 saturated carbocycles. The number of carbonyl (C=O) groups excluding carboxylic acids is 1. The van der Waals surface area contributed by atoms with Gasteiger partial charge in [-0.15, -0.1) is 0 Å². The van der Waals surface area contributed by atoms with E-state index in [2.05, 4.69) is 74.6 Å². The molecule has 3 aromatic rings. The Balaban J connectivity index is 1.47. The molecule has 0 heterocycles. The van der Waals surface area contributed by atoms with Crippen molar-refractivity contribution >= 4 is 17.7 Å². The van der Waals surface area contributed by atoms with Crippen molar-refractivity contribution in [2.45, 2.75) is 27.2 Å². The predicted molar refractivity (Wildman–Crippen MR) is 118 cm³/mol. The number of fused-ring (bicyclic) bond motifs is 3. The van der Waals surface area contributed by atoms with Gasteiger partial charge in [0.2, 0.25) is 0 Å². The Kier molecular flexibility index (Phi) is 4.64. The fourth-order valence-electron chi connectivity index (χ4n) is 3.52. The second-order valence-electron chi connectivity index (χ2n) is 8.48. The number of rotatable bonds is 3. The molecule has 1 aliphatic rings. The molecule has 0 radical (unpaired) electrons. The topological polar surface area (TPSA) is 29.1 Å². The summed E-state index contributed by atoms with van der Waals surface area (Å²) in [5.74, 6) is -0.0817. The van der Waals surface area contributed by atoms with Gasteiger partial charge in [0, 0.05) is 11.3 Å². The molecule has 0 aromatic heterocycles. The van der Waals surface area contributed by atoms with Crippen LogP contribution in [-0.2, 0) is 6.42 Å². The van der Waals surface area contributed by atoms with E-state index >= 15 is 0 Å². The van der Waals surface area contributed by atoms with Crippen LogP contribution in [0.4, 0.5) is 5.69 Å². The van der Waals surface area contributed by atoms with Gasteiger partial charge in [0.1, 0.15) is 0 Å². The van der Waals surface area contributed by atoms with Crippen molar-refractivity contribution in [3.8, 4) is 11.1 Å². The molecule has 1 aliphatic carbocycles. The second kappa shape index (κ2) is 7.12. The quantitative estimate of drug-likeness (QED) is 0.436. The minimum Gasteiger partial charge on any atom is -0.322 e. The van der Waals surface area contributed by atoms with Crippen molar-refractivity contribution in [3.63, 3.8) is 0 Å². The number of amides is 1. The molecule has 0 fully saturated rings. The lowest BCUT2D eigenvalue weighted by Crippen LogP contribution is -2.11. The van der Waals surface area contributed by atoms with Crippen LogP contribution in [0.3, 0.4) is 0 Å². The Bertz CT molecular complexity index is 1050. The summed E-state index contributed by atoms with van der Waals surface area (Å²) in [4.78, 5) is 12.6. The molecule has 0 saturated heterocycles. The third-order valence-corrected chi connectivity index (χ3v) is 5.00. The SMILES string of the molecule is CC(C)(C)/C=C/c1ccc(C(=O)Nc2ccc3c(c2)Cc2ccccc2-3)cc1. The van der Waals surface area contributed by atoms with Crippen LogP contribution in [0.2, 0.25) is 0 Å². The summed E-state index contributed by atoms with van der Waals surface area (Å²) in [6, 6.07) is 22.4. The number of hydrogen-bond donors (Lipinski definition) is 1. The summed E-state index contributed by atoms with van der Waals surface area (Å²) < 4.78 is 0. The lowest BCUT2D eigenvalue weighted by Gasteiger charge is -2.11. The lowest BCUT2D eigenvalue weighted by atomic mass is 9.95. The Morgan fingerprint density at radius 3 is 2.36 bits per heavy atom. The van der Waals surface area contributed by atoms with Crippen LogP contribution in [0.1, 0.15) is 47.8 Å². The molecule has 1 amide bonds. The molecule has 2 heteroatoms. The van der Waals surface area contributed by atoms with Gasteiger partial charge in [-0.05, 0) is 63.9 Å². The first-order chi connectivity index (χ1) is 13.4. The van der Waals surface area contributed by atoms with Crippen LogP contribution >= 0.6 is 0 Å². The van der Waals surface area contributed by atoms with E-state index in [1.807, 2.05) is 30.3 Å². The molecule has 0 unspecified atom stereocenters. The van der Waals surface area contributed by atoms with E-state index in [9.17, 15) is 4.79 Å². The van der Waals surface area contributed by atoms with Gasteiger partial charge < -0.3 is 5.32 Å². The Morgan fingerprint density at radius 2 is 1.61 bits per heavy atom. The van der Waals surface area contributed by atoms with E-state index in [0.29, 0.717) is 5.56 Å². The molecule has 2 nitrogen and oxygen atoms in total. The Labute approximate surface area is 166 Å². The fourth-order valence-corrected chi connectivity index (χ4v) is 3.52. The van der Waals surface area contributed by atoms with Crippen molar-refractivity contribution in [1.82, 2.24) is 0 Å². The fraction of sp³-hybridized carbons (Fsp3) is 0.192. The van der Waals surface area contributed by atoms with Crippen LogP contribution in [0.25, 0.3) is 17.2 Å². The van der Waals surface area contributed by atoms with E-state index in [-0.39, 0.29) is 11.3 Å². The minimum absolute atomic E-state index is 0.0817. The molecule has 4 rings (SSSR count). The highest BCUT2D eigenvalue weighted by atomic mass is 16.1. The third kappa shape index (κ3) is 3.91. The van der Waals surface area contributed by atoms with Gasteiger partial charge in [-0.25, -0.2) is 0 Å². The molecule has 28 heavy (non-hydrogen) atoms. The maximum Gasteiger partial charge on any atom is 0.255 e. The number of benzene rings is 3. The number of allylic oxidation sites excluding steroid dienone is 1. The van der Waals surface area contributed by atoms with Crippen molar-refractivity contribution in [1.29, 1.82) is 0 Å². The summed E-state index contributed by atoms with van der Waals surface area (Å²) >= 11 is 0. The molecule has 0 spiro atoms. The highest BCUT2D eigenvalue weighted by molar-refractivity contribution is 6.04. The van der Waals surface area contributed by atoms with Gasteiger partial charge >= 0.3 is 0 Å². The van der Waals surface area contributed by atoms with E-state index in [1.54, 1.807) is 0 Å². The Hall–Kier alpha value is -3.13. The second-order valence-corrected chi connectivity index (χ2v) is 8.48.